The number of aromatic amines is 1. The Morgan fingerprint density at radius 3 is 2.72 bits per heavy atom. The second-order valence-electron chi connectivity index (χ2n) is 7.16. The zero-order valence-electron chi connectivity index (χ0n) is 16.1. The van der Waals surface area contributed by atoms with Crippen LogP contribution in [-0.2, 0) is 11.3 Å². The first-order valence-corrected chi connectivity index (χ1v) is 9.42. The molecular weight excluding hydrogens is 372 g/mol. The molecule has 0 saturated carbocycles. The third-order valence-corrected chi connectivity index (χ3v) is 5.04. The van der Waals surface area contributed by atoms with Crippen LogP contribution in [0, 0.1) is 0 Å². The molecule has 0 unspecified atom stereocenters. The predicted octanol–water partition coefficient (Wildman–Crippen LogP) is 0.751. The average Bonchev–Trinajstić information content (AvgIpc) is 3.14. The molecule has 4 rings (SSSR count). The molecule has 3 heterocycles. The lowest BCUT2D eigenvalue weighted by Gasteiger charge is -2.32. The van der Waals surface area contributed by atoms with Gasteiger partial charge in [-0.3, -0.25) is 19.1 Å². The van der Waals surface area contributed by atoms with E-state index >= 15 is 0 Å². The minimum Gasteiger partial charge on any atom is -0.339 e. The summed E-state index contributed by atoms with van der Waals surface area (Å²) < 4.78 is 1.51. The largest absolute Gasteiger partial charge is 0.339 e. The fourth-order valence-electron chi connectivity index (χ4n) is 3.40. The summed E-state index contributed by atoms with van der Waals surface area (Å²) in [5, 5.41) is 7.57. The van der Waals surface area contributed by atoms with E-state index in [9.17, 15) is 14.4 Å². The molecule has 0 aliphatic carbocycles. The SMILES string of the molecule is CN1CCN(C(=O)Cn2cc(NC(=O)c3cc(=O)[nH]c4ccccc34)cn2)CC1. The number of hydrogen-bond donors (Lipinski definition) is 2. The molecule has 2 aromatic heterocycles. The highest BCUT2D eigenvalue weighted by Crippen LogP contribution is 2.16. The fourth-order valence-corrected chi connectivity index (χ4v) is 3.40. The number of piperazine rings is 1. The molecule has 0 bridgehead atoms. The third-order valence-electron chi connectivity index (χ3n) is 5.04. The molecule has 1 aromatic carbocycles. The van der Waals surface area contributed by atoms with Crippen molar-refractivity contribution in [1.82, 2.24) is 24.6 Å². The number of para-hydroxylation sites is 1. The summed E-state index contributed by atoms with van der Waals surface area (Å²) in [4.78, 5) is 43.7. The van der Waals surface area contributed by atoms with Gasteiger partial charge in [0.2, 0.25) is 11.5 Å². The standard InChI is InChI=1S/C20H22N6O3/c1-24-6-8-25(9-7-24)19(28)13-26-12-14(11-21-26)22-20(29)16-10-18(27)23-17-5-3-2-4-15(16)17/h2-5,10-12H,6-9,13H2,1H3,(H,22,29)(H,23,27). The Labute approximate surface area is 166 Å². The van der Waals surface area contributed by atoms with E-state index in [4.69, 9.17) is 0 Å². The van der Waals surface area contributed by atoms with E-state index in [1.54, 1.807) is 30.5 Å². The van der Waals surface area contributed by atoms with Gasteiger partial charge >= 0.3 is 0 Å². The number of aromatic nitrogens is 3. The minimum absolute atomic E-state index is 0.000311. The number of hydrogen-bond acceptors (Lipinski definition) is 5. The molecule has 0 radical (unpaired) electrons. The monoisotopic (exact) mass is 394 g/mol. The van der Waals surface area contributed by atoms with E-state index in [0.717, 1.165) is 13.1 Å². The Bertz CT molecular complexity index is 1110. The Morgan fingerprint density at radius 2 is 1.93 bits per heavy atom. The molecule has 29 heavy (non-hydrogen) atoms. The van der Waals surface area contributed by atoms with Crippen LogP contribution in [0.2, 0.25) is 0 Å². The van der Waals surface area contributed by atoms with Crippen LogP contribution in [-0.4, -0.2) is 69.6 Å². The Balaban J connectivity index is 1.45. The van der Waals surface area contributed by atoms with Crippen LogP contribution in [0.1, 0.15) is 10.4 Å². The fraction of sp³-hybridized carbons (Fsp3) is 0.300. The maximum atomic E-state index is 12.7. The van der Waals surface area contributed by atoms with Gasteiger partial charge in [0.1, 0.15) is 6.54 Å². The van der Waals surface area contributed by atoms with E-state index in [1.165, 1.54) is 16.9 Å². The summed E-state index contributed by atoms with van der Waals surface area (Å²) >= 11 is 0. The third kappa shape index (κ3) is 4.19. The number of anilines is 1. The van der Waals surface area contributed by atoms with Crippen molar-refractivity contribution in [2.45, 2.75) is 6.54 Å². The average molecular weight is 394 g/mol. The van der Waals surface area contributed by atoms with Crippen LogP contribution in [0.25, 0.3) is 10.9 Å². The number of nitrogens with zero attached hydrogens (tertiary/aromatic N) is 4. The van der Waals surface area contributed by atoms with Crippen molar-refractivity contribution in [2.24, 2.45) is 0 Å². The highest BCUT2D eigenvalue weighted by Gasteiger charge is 2.20. The quantitative estimate of drug-likeness (QED) is 0.680. The summed E-state index contributed by atoms with van der Waals surface area (Å²) in [5.74, 6) is -0.406. The van der Waals surface area contributed by atoms with Crippen LogP contribution < -0.4 is 10.9 Å². The molecule has 150 valence electrons. The molecule has 2 amide bonds. The van der Waals surface area contributed by atoms with Gasteiger partial charge in [-0.05, 0) is 13.1 Å². The Morgan fingerprint density at radius 1 is 1.17 bits per heavy atom. The van der Waals surface area contributed by atoms with Crippen LogP contribution >= 0.6 is 0 Å². The van der Waals surface area contributed by atoms with E-state index < -0.39 is 5.91 Å². The van der Waals surface area contributed by atoms with Gasteiger partial charge in [0, 0.05) is 49.3 Å². The highest BCUT2D eigenvalue weighted by molar-refractivity contribution is 6.12. The number of fused-ring (bicyclic) bond motifs is 1. The van der Waals surface area contributed by atoms with Gasteiger partial charge in [0.25, 0.3) is 5.91 Å². The summed E-state index contributed by atoms with van der Waals surface area (Å²) in [6.07, 6.45) is 3.10. The van der Waals surface area contributed by atoms with E-state index in [0.29, 0.717) is 29.7 Å². The molecule has 1 fully saturated rings. The highest BCUT2D eigenvalue weighted by atomic mass is 16.2. The maximum absolute atomic E-state index is 12.7. The van der Waals surface area contributed by atoms with Gasteiger partial charge in [-0.15, -0.1) is 0 Å². The van der Waals surface area contributed by atoms with Gasteiger partial charge in [0.15, 0.2) is 0 Å². The van der Waals surface area contributed by atoms with Crippen molar-refractivity contribution in [3.05, 3.63) is 58.6 Å². The summed E-state index contributed by atoms with van der Waals surface area (Å²) in [6, 6.07) is 8.40. The predicted molar refractivity (Wildman–Crippen MR) is 109 cm³/mol. The normalized spacial score (nSPS) is 14.9. The van der Waals surface area contributed by atoms with Gasteiger partial charge < -0.3 is 20.1 Å². The molecule has 0 atom stereocenters. The summed E-state index contributed by atoms with van der Waals surface area (Å²) in [6.45, 7) is 3.24. The van der Waals surface area contributed by atoms with Crippen LogP contribution in [0.15, 0.2) is 47.5 Å². The second-order valence-corrected chi connectivity index (χ2v) is 7.16. The van der Waals surface area contributed by atoms with E-state index in [2.05, 4.69) is 20.3 Å². The van der Waals surface area contributed by atoms with E-state index in [-0.39, 0.29) is 23.6 Å². The molecule has 2 N–H and O–H groups in total. The number of pyridine rings is 1. The summed E-state index contributed by atoms with van der Waals surface area (Å²) in [7, 11) is 2.04. The minimum atomic E-state index is -0.405. The van der Waals surface area contributed by atoms with Crippen LogP contribution in [0.5, 0.6) is 0 Å². The zero-order valence-corrected chi connectivity index (χ0v) is 16.1. The first-order chi connectivity index (χ1) is 14.0. The number of rotatable bonds is 4. The molecular formula is C20H22N6O3. The van der Waals surface area contributed by atoms with Crippen molar-refractivity contribution >= 4 is 28.4 Å². The molecule has 9 heteroatoms. The van der Waals surface area contributed by atoms with Gasteiger partial charge in [-0.1, -0.05) is 18.2 Å². The number of H-pyrrole nitrogens is 1. The Kier molecular flexibility index (Phi) is 5.13. The maximum Gasteiger partial charge on any atom is 0.256 e. The topological polar surface area (TPSA) is 103 Å². The molecule has 9 nitrogen and oxygen atoms in total. The summed E-state index contributed by atoms with van der Waals surface area (Å²) in [5.41, 5.74) is 0.997. The van der Waals surface area contributed by atoms with E-state index in [1.807, 2.05) is 11.9 Å². The van der Waals surface area contributed by atoms with Crippen molar-refractivity contribution in [3.63, 3.8) is 0 Å². The van der Waals surface area contributed by atoms with Crippen LogP contribution in [0.4, 0.5) is 5.69 Å². The molecule has 0 spiro atoms. The molecule has 3 aromatic rings. The van der Waals surface area contributed by atoms with Crippen molar-refractivity contribution in [2.75, 3.05) is 38.5 Å². The van der Waals surface area contributed by atoms with Crippen molar-refractivity contribution in [3.8, 4) is 0 Å². The number of nitrogens with one attached hydrogen (secondary N) is 2. The number of carbonyl (C=O) groups excluding carboxylic acids is 2. The lowest BCUT2D eigenvalue weighted by Crippen LogP contribution is -2.48. The van der Waals surface area contributed by atoms with Gasteiger partial charge in [0.05, 0.1) is 17.4 Å². The van der Waals surface area contributed by atoms with Crippen molar-refractivity contribution < 1.29 is 9.59 Å². The Hall–Kier alpha value is -3.46. The number of amides is 2. The molecule has 1 aliphatic heterocycles. The zero-order chi connectivity index (χ0) is 20.4. The number of likely N-dealkylation sites (N-methyl/N-ethyl adjacent to an activating group) is 1. The van der Waals surface area contributed by atoms with Gasteiger partial charge in [-0.2, -0.15) is 5.10 Å². The first kappa shape index (κ1) is 18.9. The lowest BCUT2D eigenvalue weighted by atomic mass is 10.1. The second kappa shape index (κ2) is 7.88. The van der Waals surface area contributed by atoms with Gasteiger partial charge in [-0.25, -0.2) is 0 Å². The smallest absolute Gasteiger partial charge is 0.256 e. The molecule has 1 aliphatic rings. The first-order valence-electron chi connectivity index (χ1n) is 9.42. The number of carbonyl (C=O) groups is 2. The van der Waals surface area contributed by atoms with Crippen LogP contribution in [0.3, 0.4) is 0 Å². The lowest BCUT2D eigenvalue weighted by molar-refractivity contribution is -0.133. The van der Waals surface area contributed by atoms with Crippen molar-refractivity contribution in [1.29, 1.82) is 0 Å². The molecule has 1 saturated heterocycles. The number of benzene rings is 1.